The third kappa shape index (κ3) is 4.04. The standard InChI is InChI=1S/C18H18N4O2/c1-13-6-2-3-8-15(13)18-21-17(24-22-18)10-4-9-16(23)20-14-7-5-11-19-12-14/h2-3,5-8,11-12H,4,9-10H2,1H3,(H,20,23). The second kappa shape index (κ2) is 7.50. The zero-order valence-corrected chi connectivity index (χ0v) is 13.4. The summed E-state index contributed by atoms with van der Waals surface area (Å²) in [6, 6.07) is 11.5. The molecule has 1 amide bonds. The van der Waals surface area contributed by atoms with E-state index in [-0.39, 0.29) is 5.91 Å². The van der Waals surface area contributed by atoms with Gasteiger partial charge in [-0.1, -0.05) is 29.4 Å². The van der Waals surface area contributed by atoms with Crippen LogP contribution in [0.15, 0.2) is 53.3 Å². The number of nitrogens with one attached hydrogen (secondary N) is 1. The van der Waals surface area contributed by atoms with Crippen LogP contribution in [0.2, 0.25) is 0 Å². The van der Waals surface area contributed by atoms with Gasteiger partial charge in [-0.25, -0.2) is 0 Å². The predicted octanol–water partition coefficient (Wildman–Crippen LogP) is 3.40. The average Bonchev–Trinajstić information content (AvgIpc) is 3.05. The summed E-state index contributed by atoms with van der Waals surface area (Å²) >= 11 is 0. The number of hydrogen-bond donors (Lipinski definition) is 1. The van der Waals surface area contributed by atoms with E-state index in [1.54, 1.807) is 24.5 Å². The number of hydrogen-bond acceptors (Lipinski definition) is 5. The molecule has 0 bridgehead atoms. The van der Waals surface area contributed by atoms with Crippen LogP contribution in [0, 0.1) is 6.92 Å². The van der Waals surface area contributed by atoms with E-state index in [1.807, 2.05) is 31.2 Å². The van der Waals surface area contributed by atoms with E-state index in [9.17, 15) is 4.79 Å². The SMILES string of the molecule is Cc1ccccc1-c1noc(CCCC(=O)Nc2cccnc2)n1. The van der Waals surface area contributed by atoms with Crippen molar-refractivity contribution in [3.05, 3.63) is 60.2 Å². The van der Waals surface area contributed by atoms with Gasteiger partial charge in [-0.15, -0.1) is 0 Å². The first kappa shape index (κ1) is 15.9. The first-order chi connectivity index (χ1) is 11.7. The fourth-order valence-corrected chi connectivity index (χ4v) is 2.35. The smallest absolute Gasteiger partial charge is 0.226 e. The Kier molecular flexibility index (Phi) is 4.96. The van der Waals surface area contributed by atoms with E-state index in [1.165, 1.54) is 0 Å². The summed E-state index contributed by atoms with van der Waals surface area (Å²) in [5.41, 5.74) is 2.75. The number of amides is 1. The van der Waals surface area contributed by atoms with Gasteiger partial charge in [0.25, 0.3) is 0 Å². The molecule has 6 nitrogen and oxygen atoms in total. The van der Waals surface area contributed by atoms with Gasteiger partial charge in [0.1, 0.15) is 0 Å². The third-order valence-corrected chi connectivity index (χ3v) is 3.59. The van der Waals surface area contributed by atoms with E-state index in [4.69, 9.17) is 4.52 Å². The minimum absolute atomic E-state index is 0.0540. The number of aromatic nitrogens is 3. The van der Waals surface area contributed by atoms with Crippen molar-refractivity contribution in [3.8, 4) is 11.4 Å². The van der Waals surface area contributed by atoms with Gasteiger partial charge < -0.3 is 9.84 Å². The highest BCUT2D eigenvalue weighted by molar-refractivity contribution is 5.90. The van der Waals surface area contributed by atoms with Crippen molar-refractivity contribution in [1.82, 2.24) is 15.1 Å². The molecule has 0 saturated carbocycles. The summed E-state index contributed by atoms with van der Waals surface area (Å²) in [7, 11) is 0. The summed E-state index contributed by atoms with van der Waals surface area (Å²) in [5, 5.41) is 6.82. The van der Waals surface area contributed by atoms with Crippen molar-refractivity contribution in [1.29, 1.82) is 0 Å². The van der Waals surface area contributed by atoms with Gasteiger partial charge in [-0.2, -0.15) is 4.98 Å². The molecule has 3 rings (SSSR count). The summed E-state index contributed by atoms with van der Waals surface area (Å²) in [6.45, 7) is 2.01. The van der Waals surface area contributed by atoms with Crippen LogP contribution in [0.4, 0.5) is 5.69 Å². The molecule has 0 unspecified atom stereocenters. The molecule has 1 N–H and O–H groups in total. The van der Waals surface area contributed by atoms with Crippen molar-refractivity contribution in [2.45, 2.75) is 26.2 Å². The van der Waals surface area contributed by atoms with Gasteiger partial charge in [-0.3, -0.25) is 9.78 Å². The first-order valence-electron chi connectivity index (χ1n) is 7.81. The lowest BCUT2D eigenvalue weighted by Crippen LogP contribution is -2.11. The van der Waals surface area contributed by atoms with E-state index in [0.717, 1.165) is 11.1 Å². The summed E-state index contributed by atoms with van der Waals surface area (Å²) in [5.74, 6) is 1.08. The summed E-state index contributed by atoms with van der Waals surface area (Å²) in [4.78, 5) is 20.2. The van der Waals surface area contributed by atoms with Crippen molar-refractivity contribution >= 4 is 11.6 Å². The van der Waals surface area contributed by atoms with Crippen molar-refractivity contribution < 1.29 is 9.32 Å². The third-order valence-electron chi connectivity index (χ3n) is 3.59. The summed E-state index contributed by atoms with van der Waals surface area (Å²) in [6.07, 6.45) is 4.87. The van der Waals surface area contributed by atoms with Crippen molar-refractivity contribution in [2.75, 3.05) is 5.32 Å². The number of pyridine rings is 1. The van der Waals surface area contributed by atoms with Gasteiger partial charge in [0.15, 0.2) is 0 Å². The highest BCUT2D eigenvalue weighted by Crippen LogP contribution is 2.20. The Bertz CT molecular complexity index is 815. The molecule has 122 valence electrons. The van der Waals surface area contributed by atoms with Crippen LogP contribution in [-0.4, -0.2) is 21.0 Å². The number of benzene rings is 1. The molecule has 0 aliphatic heterocycles. The van der Waals surface area contributed by atoms with Gasteiger partial charge in [0.05, 0.1) is 11.9 Å². The Morgan fingerprint density at radius 3 is 2.88 bits per heavy atom. The lowest BCUT2D eigenvalue weighted by Gasteiger charge is -2.03. The monoisotopic (exact) mass is 322 g/mol. The molecule has 24 heavy (non-hydrogen) atoms. The van der Waals surface area contributed by atoms with E-state index in [0.29, 0.717) is 36.7 Å². The highest BCUT2D eigenvalue weighted by atomic mass is 16.5. The molecule has 0 radical (unpaired) electrons. The van der Waals surface area contributed by atoms with Crippen LogP contribution in [0.5, 0.6) is 0 Å². The number of nitrogens with zero attached hydrogens (tertiary/aromatic N) is 3. The van der Waals surface area contributed by atoms with Crippen LogP contribution in [0.25, 0.3) is 11.4 Å². The van der Waals surface area contributed by atoms with Gasteiger partial charge in [0.2, 0.25) is 17.6 Å². The Morgan fingerprint density at radius 1 is 1.21 bits per heavy atom. The molecule has 0 aliphatic carbocycles. The Labute approximate surface area is 139 Å². The molecule has 3 aromatic rings. The van der Waals surface area contributed by atoms with E-state index in [2.05, 4.69) is 20.4 Å². The van der Waals surface area contributed by atoms with Crippen LogP contribution in [0.3, 0.4) is 0 Å². The quantitative estimate of drug-likeness (QED) is 0.752. The maximum Gasteiger partial charge on any atom is 0.226 e. The molecular weight excluding hydrogens is 304 g/mol. The average molecular weight is 322 g/mol. The fraction of sp³-hybridized carbons (Fsp3) is 0.222. The Morgan fingerprint density at radius 2 is 2.08 bits per heavy atom. The van der Waals surface area contributed by atoms with Crippen molar-refractivity contribution in [2.24, 2.45) is 0 Å². The minimum Gasteiger partial charge on any atom is -0.339 e. The lowest BCUT2D eigenvalue weighted by molar-refractivity contribution is -0.116. The summed E-state index contributed by atoms with van der Waals surface area (Å²) < 4.78 is 5.27. The van der Waals surface area contributed by atoms with Gasteiger partial charge in [0, 0.05) is 24.6 Å². The normalized spacial score (nSPS) is 10.5. The maximum absolute atomic E-state index is 11.9. The van der Waals surface area contributed by atoms with Crippen LogP contribution >= 0.6 is 0 Å². The molecule has 1 aromatic carbocycles. The molecule has 0 aliphatic rings. The first-order valence-corrected chi connectivity index (χ1v) is 7.81. The largest absolute Gasteiger partial charge is 0.339 e. The zero-order valence-electron chi connectivity index (χ0n) is 13.4. The molecule has 0 fully saturated rings. The molecule has 2 aromatic heterocycles. The minimum atomic E-state index is -0.0540. The lowest BCUT2D eigenvalue weighted by atomic mass is 10.1. The van der Waals surface area contributed by atoms with E-state index >= 15 is 0 Å². The topological polar surface area (TPSA) is 80.9 Å². The maximum atomic E-state index is 11.9. The molecule has 2 heterocycles. The van der Waals surface area contributed by atoms with Crippen LogP contribution in [-0.2, 0) is 11.2 Å². The molecule has 0 atom stereocenters. The second-order valence-electron chi connectivity index (χ2n) is 5.47. The number of carbonyl (C=O) groups excluding carboxylic acids is 1. The van der Waals surface area contributed by atoms with E-state index < -0.39 is 0 Å². The fourth-order valence-electron chi connectivity index (χ4n) is 2.35. The van der Waals surface area contributed by atoms with Crippen LogP contribution < -0.4 is 5.32 Å². The molecule has 6 heteroatoms. The Balaban J connectivity index is 1.51. The predicted molar refractivity (Wildman–Crippen MR) is 90.3 cm³/mol. The van der Waals surface area contributed by atoms with Crippen LogP contribution in [0.1, 0.15) is 24.3 Å². The van der Waals surface area contributed by atoms with Gasteiger partial charge in [-0.05, 0) is 31.0 Å². The molecule has 0 saturated heterocycles. The second-order valence-corrected chi connectivity index (χ2v) is 5.47. The number of rotatable bonds is 6. The number of carbonyl (C=O) groups is 1. The number of anilines is 1. The molecular formula is C18H18N4O2. The zero-order chi connectivity index (χ0) is 16.8. The Hall–Kier alpha value is -3.02. The van der Waals surface area contributed by atoms with Gasteiger partial charge >= 0.3 is 0 Å². The molecule has 0 spiro atoms. The number of aryl methyl sites for hydroxylation is 2. The highest BCUT2D eigenvalue weighted by Gasteiger charge is 2.11. The van der Waals surface area contributed by atoms with Crippen molar-refractivity contribution in [3.63, 3.8) is 0 Å².